The Morgan fingerprint density at radius 3 is 1.48 bits per heavy atom. The van der Waals surface area contributed by atoms with E-state index in [4.69, 9.17) is 19.5 Å². The molecule has 2 fully saturated rings. The van der Waals surface area contributed by atoms with Crippen molar-refractivity contribution in [1.82, 2.24) is 14.7 Å². The molecule has 2 unspecified atom stereocenters. The van der Waals surface area contributed by atoms with Crippen LogP contribution >= 0.6 is 7.60 Å². The van der Waals surface area contributed by atoms with E-state index in [1.165, 1.54) is 12.1 Å². The monoisotopic (exact) mass is 651 g/mol. The zero-order chi connectivity index (χ0) is 31.2. The lowest BCUT2D eigenvalue weighted by molar-refractivity contribution is -0.197. The minimum absolute atomic E-state index is 0.0835. The Balaban J connectivity index is 1.69. The van der Waals surface area contributed by atoms with E-state index in [0.29, 0.717) is 10.1 Å². The molecule has 42 heavy (non-hydrogen) atoms. The Morgan fingerprint density at radius 1 is 0.738 bits per heavy atom. The van der Waals surface area contributed by atoms with Gasteiger partial charge in [-0.05, 0) is 12.1 Å². The van der Waals surface area contributed by atoms with Crippen molar-refractivity contribution in [3.63, 3.8) is 0 Å². The van der Waals surface area contributed by atoms with Crippen LogP contribution in [-0.2, 0) is 75.9 Å². The van der Waals surface area contributed by atoms with E-state index in [9.17, 15) is 46.5 Å². The molecule has 1 aromatic rings. The van der Waals surface area contributed by atoms with E-state index in [-0.39, 0.29) is 35.7 Å². The van der Waals surface area contributed by atoms with Gasteiger partial charge in [-0.2, -0.15) is 0 Å². The predicted molar refractivity (Wildman–Crippen MR) is 137 cm³/mol. The van der Waals surface area contributed by atoms with Crippen LogP contribution in [0, 0.1) is 0 Å². The largest absolute Gasteiger partial charge is 0.334 e. The topological polar surface area (TPSA) is 241 Å². The fourth-order valence-electron chi connectivity index (χ4n) is 3.68. The van der Waals surface area contributed by atoms with Crippen LogP contribution in [0.4, 0.5) is 0 Å². The number of hydrogen-bond acceptors (Lipinski definition) is 12. The van der Waals surface area contributed by atoms with Crippen LogP contribution in [0.2, 0.25) is 0 Å². The Bertz CT molecular complexity index is 1300. The summed E-state index contributed by atoms with van der Waals surface area (Å²) in [6.45, 7) is -0.600. The summed E-state index contributed by atoms with van der Waals surface area (Å²) in [7, 11) is -8.58. The summed E-state index contributed by atoms with van der Waals surface area (Å²) in [5, 5.41) is 0.491. The van der Waals surface area contributed by atoms with Crippen LogP contribution in [0.15, 0.2) is 22.2 Å². The number of imide groups is 2. The highest BCUT2D eigenvalue weighted by molar-refractivity contribution is 7.85. The van der Waals surface area contributed by atoms with Crippen molar-refractivity contribution in [2.24, 2.45) is 0 Å². The molecule has 0 aliphatic carbocycles. The first-order valence-corrected chi connectivity index (χ1v) is 16.8. The normalized spacial score (nSPS) is 17.1. The second-order valence-electron chi connectivity index (χ2n) is 8.96. The summed E-state index contributed by atoms with van der Waals surface area (Å²) < 4.78 is 38.3. The van der Waals surface area contributed by atoms with Gasteiger partial charge in [-0.25, -0.2) is 9.59 Å². The molecule has 4 amide bonds. The molecule has 0 saturated carbocycles. The van der Waals surface area contributed by atoms with Crippen molar-refractivity contribution in [1.29, 1.82) is 0 Å². The van der Waals surface area contributed by atoms with Crippen molar-refractivity contribution in [3.05, 3.63) is 12.1 Å². The number of aromatic nitrogens is 1. The first-order chi connectivity index (χ1) is 19.7. The van der Waals surface area contributed by atoms with Crippen LogP contribution in [0.3, 0.4) is 0 Å². The molecule has 0 aromatic carbocycles. The highest BCUT2D eigenvalue weighted by Gasteiger charge is 2.34. The van der Waals surface area contributed by atoms with Crippen molar-refractivity contribution >= 4 is 70.5 Å². The Morgan fingerprint density at radius 2 is 1.12 bits per heavy atom. The maximum absolute atomic E-state index is 13.0. The van der Waals surface area contributed by atoms with Gasteiger partial charge in [-0.3, -0.25) is 37.0 Å². The molecule has 2 N–H and O–H groups in total. The fraction of sp³-hybridized carbons (Fsp3) is 0.500. The first-order valence-electron chi connectivity index (χ1n) is 12.3. The molecule has 20 heteroatoms. The molecule has 0 spiro atoms. The molecule has 0 radical (unpaired) electrons. The van der Waals surface area contributed by atoms with E-state index in [1.54, 1.807) is 0 Å². The number of Topliss-reactive ketones (excluding diaryl/α,β-unsaturated/α-hetero) is 1. The molecule has 2 aliphatic heterocycles. The highest BCUT2D eigenvalue weighted by atomic mass is 32.2. The minimum Gasteiger partial charge on any atom is -0.330 e. The molecule has 17 nitrogen and oxygen atoms in total. The average Bonchev–Trinajstić information content (AvgIpc) is 3.58. The maximum Gasteiger partial charge on any atom is 0.334 e. The molecule has 1 aromatic heterocycles. The van der Waals surface area contributed by atoms with E-state index < -0.39 is 114 Å². The number of nitrogens with zero attached hydrogens (tertiary/aromatic N) is 3. The number of hydrogen-bond donors (Lipinski definition) is 2. The number of carbonyl (C=O) groups excluding carboxylic acids is 7. The first kappa shape index (κ1) is 33.1. The summed E-state index contributed by atoms with van der Waals surface area (Å²) in [4.78, 5) is 111. The molecule has 2 aliphatic rings. The van der Waals surface area contributed by atoms with Gasteiger partial charge < -0.3 is 24.0 Å². The van der Waals surface area contributed by atoms with Gasteiger partial charge in [0.1, 0.15) is 10.1 Å². The number of rotatable bonds is 15. The maximum atomic E-state index is 13.0. The lowest BCUT2D eigenvalue weighted by Crippen LogP contribution is -2.32. The molecule has 3 heterocycles. The van der Waals surface area contributed by atoms with Crippen LogP contribution < -0.4 is 0 Å². The molecule has 2 saturated heterocycles. The van der Waals surface area contributed by atoms with E-state index >= 15 is 0 Å². The summed E-state index contributed by atoms with van der Waals surface area (Å²) >= 11 is 0. The Hall–Kier alpha value is -3.38. The predicted octanol–water partition coefficient (Wildman–Crippen LogP) is -1.17. The van der Waals surface area contributed by atoms with Gasteiger partial charge in [0.05, 0.1) is 47.1 Å². The second-order valence-corrected chi connectivity index (χ2v) is 13.8. The fourth-order valence-corrected chi connectivity index (χ4v) is 6.66. The van der Waals surface area contributed by atoms with Crippen molar-refractivity contribution in [2.45, 2.75) is 61.5 Å². The number of carbonyl (C=O) groups is 7. The van der Waals surface area contributed by atoms with Gasteiger partial charge in [-0.15, -0.1) is 10.1 Å². The quantitative estimate of drug-likeness (QED) is 0.168. The SMILES string of the molecule is O=C(CCP(=O)(O)O)Cn1c(S(=O)CCC(=O)ON2C(=O)CCC2=O)ccc1S(=O)CCC(=O)ON1C(=O)CCC1=O. The van der Waals surface area contributed by atoms with E-state index in [0.717, 1.165) is 4.57 Å². The summed E-state index contributed by atoms with van der Waals surface area (Å²) in [6, 6.07) is 2.50. The standard InChI is InChI=1S/C22H26N3O14PS2/c26-14(7-10-40(33,34)35)13-23-19(41(36)11-8-21(31)38-24-15(27)1-2-16(24)28)5-6-20(23)42(37)12-9-22(32)39-25-17(29)3-4-18(25)30/h5-6H,1-4,7-13H2,(H2,33,34,35). The zero-order valence-corrected chi connectivity index (χ0v) is 24.4. The smallest absolute Gasteiger partial charge is 0.330 e. The highest BCUT2D eigenvalue weighted by Crippen LogP contribution is 2.35. The molecule has 3 rings (SSSR count). The molecular weight excluding hydrogens is 625 g/mol. The third-order valence-corrected chi connectivity index (χ3v) is 9.37. The van der Waals surface area contributed by atoms with Crippen molar-refractivity contribution in [2.75, 3.05) is 17.7 Å². The average molecular weight is 652 g/mol. The Kier molecular flexibility index (Phi) is 11.2. The molecule has 2 atom stereocenters. The van der Waals surface area contributed by atoms with Crippen LogP contribution in [0.25, 0.3) is 0 Å². The van der Waals surface area contributed by atoms with Gasteiger partial charge >= 0.3 is 19.5 Å². The van der Waals surface area contributed by atoms with Gasteiger partial charge in [0.2, 0.25) is 0 Å². The van der Waals surface area contributed by atoms with Gasteiger partial charge in [-0.1, -0.05) is 0 Å². The van der Waals surface area contributed by atoms with Gasteiger partial charge in [0, 0.05) is 43.6 Å². The second kappa shape index (κ2) is 14.2. The summed E-state index contributed by atoms with van der Waals surface area (Å²) in [5.41, 5.74) is 0. The lowest BCUT2D eigenvalue weighted by Gasteiger charge is -2.14. The van der Waals surface area contributed by atoms with Crippen molar-refractivity contribution < 1.29 is 66.0 Å². The number of ketones is 1. The number of hydroxylamine groups is 4. The van der Waals surface area contributed by atoms with Crippen molar-refractivity contribution in [3.8, 4) is 0 Å². The molecule has 0 bridgehead atoms. The van der Waals surface area contributed by atoms with E-state index in [2.05, 4.69) is 0 Å². The van der Waals surface area contributed by atoms with Crippen LogP contribution in [-0.4, -0.2) is 91.9 Å². The van der Waals surface area contributed by atoms with Gasteiger partial charge in [0.25, 0.3) is 23.6 Å². The summed E-state index contributed by atoms with van der Waals surface area (Å²) in [5.74, 6) is -6.36. The lowest BCUT2D eigenvalue weighted by atomic mass is 10.3. The third kappa shape index (κ3) is 9.06. The third-order valence-electron chi connectivity index (χ3n) is 5.76. The van der Waals surface area contributed by atoms with Crippen LogP contribution in [0.5, 0.6) is 0 Å². The number of amides is 4. The van der Waals surface area contributed by atoms with Crippen LogP contribution in [0.1, 0.15) is 44.9 Å². The zero-order valence-electron chi connectivity index (χ0n) is 21.8. The van der Waals surface area contributed by atoms with E-state index in [1.807, 2.05) is 0 Å². The van der Waals surface area contributed by atoms with Gasteiger partial charge in [0.15, 0.2) is 5.78 Å². The molecular formula is C22H26N3O14PS2. The molecule has 230 valence electrons. The summed E-state index contributed by atoms with van der Waals surface area (Å²) in [6.07, 6.45) is -2.82. The Labute approximate surface area is 242 Å². The minimum atomic E-state index is -4.51.